The summed E-state index contributed by atoms with van der Waals surface area (Å²) in [5, 5.41) is 15.5. The third-order valence-electron chi connectivity index (χ3n) is 2.28. The number of hydrogen-bond donors (Lipinski definition) is 3. The molecule has 1 aromatic carbocycles. The summed E-state index contributed by atoms with van der Waals surface area (Å²) in [4.78, 5) is 22.7. The van der Waals surface area contributed by atoms with E-state index in [-0.39, 0.29) is 11.3 Å². The summed E-state index contributed by atoms with van der Waals surface area (Å²) >= 11 is 1.06. The Bertz CT molecular complexity index is 661. The van der Waals surface area contributed by atoms with Gasteiger partial charge in [0.2, 0.25) is 0 Å². The van der Waals surface area contributed by atoms with Gasteiger partial charge in [-0.3, -0.25) is 4.57 Å². The van der Waals surface area contributed by atoms with Crippen molar-refractivity contribution in [1.82, 2.24) is 14.8 Å². The molecule has 1 aromatic heterocycles. The Balaban J connectivity index is 2.45. The highest BCUT2D eigenvalue weighted by Gasteiger charge is 2.14. The van der Waals surface area contributed by atoms with Crippen molar-refractivity contribution in [2.24, 2.45) is 7.05 Å². The number of hydrogen-bond acceptors (Lipinski definition) is 5. The van der Waals surface area contributed by atoms with Crippen LogP contribution >= 0.6 is 11.8 Å². The summed E-state index contributed by atoms with van der Waals surface area (Å²) in [5.41, 5.74) is 5.82. The molecular weight excluding hydrogens is 256 g/mol. The number of anilines is 1. The third kappa shape index (κ3) is 2.23. The number of carboxylic acids is 1. The molecule has 0 radical (unpaired) electrons. The second kappa shape index (κ2) is 4.57. The first-order valence-electron chi connectivity index (χ1n) is 4.91. The lowest BCUT2D eigenvalue weighted by Gasteiger charge is -2.05. The van der Waals surface area contributed by atoms with Crippen molar-refractivity contribution >= 4 is 23.4 Å². The van der Waals surface area contributed by atoms with Gasteiger partial charge in [-0.05, 0) is 30.0 Å². The van der Waals surface area contributed by atoms with Crippen molar-refractivity contribution in [2.75, 3.05) is 5.73 Å². The fourth-order valence-electron chi connectivity index (χ4n) is 1.32. The predicted octanol–water partition coefficient (Wildman–Crippen LogP) is 0.540. The van der Waals surface area contributed by atoms with Gasteiger partial charge in [0.05, 0.1) is 5.56 Å². The number of carbonyl (C=O) groups is 1. The van der Waals surface area contributed by atoms with Crippen molar-refractivity contribution in [3.05, 3.63) is 34.2 Å². The second-order valence-corrected chi connectivity index (χ2v) is 4.54. The Morgan fingerprint density at radius 1 is 1.56 bits per heavy atom. The molecule has 94 valence electrons. The van der Waals surface area contributed by atoms with Gasteiger partial charge in [0, 0.05) is 17.6 Å². The SMILES string of the molecule is Cn1c(Sc2cc(N)ccc2C(=O)O)n[nH]c1=O. The minimum atomic E-state index is -1.06. The topological polar surface area (TPSA) is 114 Å². The van der Waals surface area contributed by atoms with E-state index in [1.54, 1.807) is 7.05 Å². The number of aromatic nitrogens is 3. The van der Waals surface area contributed by atoms with Crippen LogP contribution in [0.1, 0.15) is 10.4 Å². The van der Waals surface area contributed by atoms with Crippen LogP contribution in [0.3, 0.4) is 0 Å². The van der Waals surface area contributed by atoms with Crippen LogP contribution in [0, 0.1) is 0 Å². The molecule has 7 nitrogen and oxygen atoms in total. The van der Waals surface area contributed by atoms with Gasteiger partial charge in [0.15, 0.2) is 5.16 Å². The van der Waals surface area contributed by atoms with Crippen molar-refractivity contribution in [1.29, 1.82) is 0 Å². The quantitative estimate of drug-likeness (QED) is 0.699. The summed E-state index contributed by atoms with van der Waals surface area (Å²) in [6.07, 6.45) is 0. The standard InChI is InChI=1S/C10H10N4O3S/c1-14-9(17)12-13-10(14)18-7-4-5(11)2-3-6(7)8(15)16/h2-4H,11H2,1H3,(H,12,17)(H,15,16). The summed E-state index contributed by atoms with van der Waals surface area (Å²) in [5.74, 6) is -1.06. The molecule has 0 fully saturated rings. The summed E-state index contributed by atoms with van der Waals surface area (Å²) in [6.45, 7) is 0. The first kappa shape index (κ1) is 12.2. The average Bonchev–Trinajstić information content (AvgIpc) is 2.61. The Hall–Kier alpha value is -2.22. The second-order valence-electron chi connectivity index (χ2n) is 3.53. The molecule has 0 atom stereocenters. The maximum atomic E-state index is 11.2. The molecule has 18 heavy (non-hydrogen) atoms. The largest absolute Gasteiger partial charge is 0.478 e. The van der Waals surface area contributed by atoms with Crippen LogP contribution in [-0.2, 0) is 7.05 Å². The van der Waals surface area contributed by atoms with Gasteiger partial charge >= 0.3 is 11.7 Å². The Labute approximate surface area is 106 Å². The number of benzene rings is 1. The maximum absolute atomic E-state index is 11.2. The molecular formula is C10H10N4O3S. The fraction of sp³-hybridized carbons (Fsp3) is 0.100. The number of nitrogen functional groups attached to an aromatic ring is 1. The van der Waals surface area contributed by atoms with Gasteiger partial charge in [-0.25, -0.2) is 14.7 Å². The lowest BCUT2D eigenvalue weighted by Crippen LogP contribution is -2.13. The zero-order valence-electron chi connectivity index (χ0n) is 9.38. The number of nitrogens with one attached hydrogen (secondary N) is 1. The molecule has 0 saturated heterocycles. The first-order valence-corrected chi connectivity index (χ1v) is 5.72. The molecule has 2 aromatic rings. The highest BCUT2D eigenvalue weighted by molar-refractivity contribution is 7.99. The number of H-pyrrole nitrogens is 1. The molecule has 8 heteroatoms. The van der Waals surface area contributed by atoms with E-state index in [4.69, 9.17) is 10.8 Å². The molecule has 0 unspecified atom stereocenters. The van der Waals surface area contributed by atoms with E-state index in [9.17, 15) is 9.59 Å². The average molecular weight is 266 g/mol. The summed E-state index contributed by atoms with van der Waals surface area (Å²) in [7, 11) is 1.54. The van der Waals surface area contributed by atoms with Crippen LogP contribution in [0.15, 0.2) is 33.0 Å². The zero-order chi connectivity index (χ0) is 13.3. The minimum Gasteiger partial charge on any atom is -0.478 e. The molecule has 0 amide bonds. The molecule has 0 aliphatic heterocycles. The van der Waals surface area contributed by atoms with Crippen molar-refractivity contribution in [3.8, 4) is 0 Å². The Morgan fingerprint density at radius 2 is 2.28 bits per heavy atom. The van der Waals surface area contributed by atoms with E-state index in [0.717, 1.165) is 11.8 Å². The highest BCUT2D eigenvalue weighted by Crippen LogP contribution is 2.29. The van der Waals surface area contributed by atoms with E-state index in [1.165, 1.54) is 22.8 Å². The Morgan fingerprint density at radius 3 is 2.83 bits per heavy atom. The van der Waals surface area contributed by atoms with Crippen LogP contribution in [0.5, 0.6) is 0 Å². The van der Waals surface area contributed by atoms with E-state index in [1.807, 2.05) is 0 Å². The van der Waals surface area contributed by atoms with Crippen LogP contribution < -0.4 is 11.4 Å². The van der Waals surface area contributed by atoms with E-state index < -0.39 is 5.97 Å². The van der Waals surface area contributed by atoms with Crippen molar-refractivity contribution < 1.29 is 9.90 Å². The van der Waals surface area contributed by atoms with Crippen LogP contribution in [0.25, 0.3) is 0 Å². The van der Waals surface area contributed by atoms with E-state index in [2.05, 4.69) is 10.2 Å². The number of carboxylic acid groups (broad SMARTS) is 1. The molecule has 2 rings (SSSR count). The minimum absolute atomic E-state index is 0.115. The predicted molar refractivity (Wildman–Crippen MR) is 65.8 cm³/mol. The van der Waals surface area contributed by atoms with E-state index in [0.29, 0.717) is 15.7 Å². The molecule has 1 heterocycles. The third-order valence-corrected chi connectivity index (χ3v) is 3.38. The molecule has 0 aliphatic rings. The lowest BCUT2D eigenvalue weighted by molar-refractivity contribution is 0.0693. The normalized spacial score (nSPS) is 10.5. The fourth-order valence-corrected chi connectivity index (χ4v) is 2.29. The monoisotopic (exact) mass is 266 g/mol. The molecule has 0 aliphatic carbocycles. The lowest BCUT2D eigenvalue weighted by atomic mass is 10.2. The van der Waals surface area contributed by atoms with Gasteiger partial charge in [0.25, 0.3) is 0 Å². The van der Waals surface area contributed by atoms with Gasteiger partial charge in [-0.15, -0.1) is 5.10 Å². The number of aromatic amines is 1. The Kier molecular flexibility index (Phi) is 3.11. The van der Waals surface area contributed by atoms with E-state index >= 15 is 0 Å². The molecule has 0 bridgehead atoms. The number of nitrogens with zero attached hydrogens (tertiary/aromatic N) is 2. The molecule has 0 saturated carbocycles. The maximum Gasteiger partial charge on any atom is 0.343 e. The van der Waals surface area contributed by atoms with Gasteiger partial charge in [-0.1, -0.05) is 0 Å². The van der Waals surface area contributed by atoms with Crippen LogP contribution in [-0.4, -0.2) is 25.8 Å². The number of rotatable bonds is 3. The summed E-state index contributed by atoms with van der Waals surface area (Å²) < 4.78 is 1.29. The van der Waals surface area contributed by atoms with Crippen LogP contribution in [0.2, 0.25) is 0 Å². The van der Waals surface area contributed by atoms with Crippen molar-refractivity contribution in [3.63, 3.8) is 0 Å². The number of nitrogens with two attached hydrogens (primary N) is 1. The highest BCUT2D eigenvalue weighted by atomic mass is 32.2. The van der Waals surface area contributed by atoms with Gasteiger partial charge < -0.3 is 10.8 Å². The molecule has 0 spiro atoms. The van der Waals surface area contributed by atoms with Gasteiger partial charge in [0.1, 0.15) is 0 Å². The van der Waals surface area contributed by atoms with Crippen molar-refractivity contribution in [2.45, 2.75) is 10.1 Å². The smallest absolute Gasteiger partial charge is 0.343 e. The van der Waals surface area contributed by atoms with Gasteiger partial charge in [-0.2, -0.15) is 0 Å². The summed E-state index contributed by atoms with van der Waals surface area (Å²) in [6, 6.07) is 4.47. The first-order chi connectivity index (χ1) is 8.49. The molecule has 4 N–H and O–H groups in total. The zero-order valence-corrected chi connectivity index (χ0v) is 10.2. The van der Waals surface area contributed by atoms with Crippen LogP contribution in [0.4, 0.5) is 5.69 Å². The number of aromatic carboxylic acids is 1.